The molecule has 0 spiro atoms. The van der Waals surface area contributed by atoms with Gasteiger partial charge < -0.3 is 15.1 Å². The van der Waals surface area contributed by atoms with Crippen molar-refractivity contribution in [1.82, 2.24) is 19.7 Å². The van der Waals surface area contributed by atoms with Gasteiger partial charge in [0.1, 0.15) is 17.5 Å². The van der Waals surface area contributed by atoms with E-state index in [1.54, 1.807) is 24.5 Å². The summed E-state index contributed by atoms with van der Waals surface area (Å²) in [7, 11) is 0. The molecule has 1 aromatic carbocycles. The second-order valence-electron chi connectivity index (χ2n) is 8.58. The lowest BCUT2D eigenvalue weighted by atomic mass is 10.1. The third-order valence-corrected chi connectivity index (χ3v) is 5.97. The summed E-state index contributed by atoms with van der Waals surface area (Å²) >= 11 is 0. The minimum Gasteiger partial charge on any atom is -0.350 e. The Morgan fingerprint density at radius 3 is 2.73 bits per heavy atom. The first kappa shape index (κ1) is 23.0. The van der Waals surface area contributed by atoms with Crippen molar-refractivity contribution in [2.45, 2.75) is 51.9 Å². The number of fused-ring (bicyclic) bond motifs is 3. The molecule has 33 heavy (non-hydrogen) atoms. The van der Waals surface area contributed by atoms with Crippen LogP contribution in [0.5, 0.6) is 0 Å². The van der Waals surface area contributed by atoms with Gasteiger partial charge in [0, 0.05) is 30.9 Å². The lowest BCUT2D eigenvalue weighted by Crippen LogP contribution is -2.53. The highest BCUT2D eigenvalue weighted by Gasteiger charge is 2.42. The maximum absolute atomic E-state index is 13.1. The Labute approximate surface area is 199 Å². The van der Waals surface area contributed by atoms with Gasteiger partial charge in [0.25, 0.3) is 0 Å². The first-order valence-electron chi connectivity index (χ1n) is 11.0. The fraction of sp³-hybridized carbons (Fsp3) is 0.391. The lowest BCUT2D eigenvalue weighted by molar-refractivity contribution is -0.120. The highest BCUT2D eigenvalue weighted by Crippen LogP contribution is 2.39. The van der Waals surface area contributed by atoms with Crippen molar-refractivity contribution in [3.63, 3.8) is 0 Å². The van der Waals surface area contributed by atoms with E-state index in [0.717, 1.165) is 42.0 Å². The molecule has 2 aliphatic rings. The molecular weight excluding hydrogens is 441 g/mol. The fourth-order valence-corrected chi connectivity index (χ4v) is 4.46. The summed E-state index contributed by atoms with van der Waals surface area (Å²) in [5.74, 6) is 1.25. The van der Waals surface area contributed by atoms with Crippen LogP contribution in [0.1, 0.15) is 37.8 Å². The van der Waals surface area contributed by atoms with Crippen LogP contribution in [0.3, 0.4) is 0 Å². The lowest BCUT2D eigenvalue weighted by Gasteiger charge is -2.40. The number of aromatic nitrogens is 4. The molecule has 0 saturated carbocycles. The molecule has 174 valence electrons. The van der Waals surface area contributed by atoms with Gasteiger partial charge in [-0.15, -0.1) is 0 Å². The van der Waals surface area contributed by atoms with E-state index < -0.39 is 0 Å². The molecule has 0 radical (unpaired) electrons. The average molecular weight is 470 g/mol. The van der Waals surface area contributed by atoms with Crippen LogP contribution in [0, 0.1) is 5.82 Å². The topological polar surface area (TPSA) is 79.2 Å². The maximum atomic E-state index is 13.1. The minimum atomic E-state index is -0.245. The summed E-state index contributed by atoms with van der Waals surface area (Å²) in [6, 6.07) is 6.34. The Kier molecular flexibility index (Phi) is 6.55. The number of rotatable bonds is 6. The van der Waals surface area contributed by atoms with Gasteiger partial charge in [-0.1, -0.05) is 12.1 Å². The second-order valence-corrected chi connectivity index (χ2v) is 8.58. The third-order valence-electron chi connectivity index (χ3n) is 5.97. The van der Waals surface area contributed by atoms with Crippen LogP contribution in [0.4, 0.5) is 21.8 Å². The van der Waals surface area contributed by atoms with Crippen LogP contribution in [0.15, 0.2) is 42.9 Å². The van der Waals surface area contributed by atoms with E-state index in [1.165, 1.54) is 12.1 Å². The van der Waals surface area contributed by atoms with E-state index in [9.17, 15) is 9.18 Å². The smallest absolute Gasteiger partial charge is 0.250 e. The number of halogens is 1. The zero-order valence-corrected chi connectivity index (χ0v) is 19.7. The molecule has 5 rings (SSSR count). The van der Waals surface area contributed by atoms with E-state index in [-0.39, 0.29) is 37.3 Å². The molecule has 2 aromatic heterocycles. The first-order chi connectivity index (χ1) is 15.5. The summed E-state index contributed by atoms with van der Waals surface area (Å²) < 4.78 is 14.9. The number of carbonyl (C=O) groups is 1. The van der Waals surface area contributed by atoms with Crippen molar-refractivity contribution in [3.05, 3.63) is 59.8 Å². The second kappa shape index (κ2) is 9.38. The zero-order valence-electron chi connectivity index (χ0n) is 18.7. The summed E-state index contributed by atoms with van der Waals surface area (Å²) in [5, 5.41) is 7.66. The molecule has 1 saturated heterocycles. The fourth-order valence-electron chi connectivity index (χ4n) is 4.46. The van der Waals surface area contributed by atoms with Gasteiger partial charge in [-0.3, -0.25) is 9.48 Å². The van der Waals surface area contributed by atoms with Gasteiger partial charge in [-0.25, -0.2) is 9.37 Å². The predicted octanol–water partition coefficient (Wildman–Crippen LogP) is 3.31. The Morgan fingerprint density at radius 2 is 1.97 bits per heavy atom. The van der Waals surface area contributed by atoms with Crippen molar-refractivity contribution < 1.29 is 9.18 Å². The molecule has 1 amide bonds. The van der Waals surface area contributed by atoms with E-state index in [2.05, 4.69) is 20.3 Å². The van der Waals surface area contributed by atoms with Crippen LogP contribution in [-0.2, 0) is 17.9 Å². The Balaban J connectivity index is 0.00000259. The number of hydrogen-bond acceptors (Lipinski definition) is 6. The minimum absolute atomic E-state index is 0. The molecule has 0 aliphatic carbocycles. The standard InChI is InChI=1S/C23H26FN7O.H2S/c1-15(2)31-20-12-26-23(28-21(20)30-9-3-4-19(30)22(31)32)25-10-17-11-27-29(14-17)13-16-5-7-18(24)8-6-16;/h5-8,11-12,14-15,19H,3-4,9-10,13H2,1-2H3,(H,25,26,28);1H2/t19-;/m0./s1. The average Bonchev–Trinajstić information content (AvgIpc) is 3.44. The van der Waals surface area contributed by atoms with Crippen LogP contribution < -0.4 is 15.1 Å². The third kappa shape index (κ3) is 4.52. The van der Waals surface area contributed by atoms with E-state index in [1.807, 2.05) is 29.6 Å². The molecule has 1 atom stereocenters. The summed E-state index contributed by atoms with van der Waals surface area (Å²) in [6.45, 7) is 5.97. The van der Waals surface area contributed by atoms with Crippen molar-refractivity contribution in [2.75, 3.05) is 21.7 Å². The van der Waals surface area contributed by atoms with Crippen molar-refractivity contribution in [3.8, 4) is 0 Å². The highest BCUT2D eigenvalue weighted by molar-refractivity contribution is 7.59. The van der Waals surface area contributed by atoms with Gasteiger partial charge in [0.05, 0.1) is 18.9 Å². The number of amides is 1. The maximum Gasteiger partial charge on any atom is 0.250 e. The monoisotopic (exact) mass is 469 g/mol. The molecule has 0 unspecified atom stereocenters. The quantitative estimate of drug-likeness (QED) is 0.597. The molecule has 10 heteroatoms. The molecule has 3 aromatic rings. The van der Waals surface area contributed by atoms with Gasteiger partial charge in [-0.2, -0.15) is 23.6 Å². The Bertz CT molecular complexity index is 1130. The molecule has 2 aliphatic heterocycles. The molecular formula is C23H28FN7OS. The van der Waals surface area contributed by atoms with Gasteiger partial charge >= 0.3 is 0 Å². The van der Waals surface area contributed by atoms with Gasteiger partial charge in [0.2, 0.25) is 11.9 Å². The number of carbonyl (C=O) groups excluding carboxylic acids is 1. The molecule has 1 fully saturated rings. The molecule has 0 bridgehead atoms. The predicted molar refractivity (Wildman–Crippen MR) is 130 cm³/mol. The number of anilines is 3. The van der Waals surface area contributed by atoms with Crippen LogP contribution in [-0.4, -0.2) is 44.3 Å². The van der Waals surface area contributed by atoms with Crippen molar-refractivity contribution in [1.29, 1.82) is 0 Å². The normalized spacial score (nSPS) is 17.1. The van der Waals surface area contributed by atoms with Crippen molar-refractivity contribution in [2.24, 2.45) is 0 Å². The van der Waals surface area contributed by atoms with Crippen LogP contribution >= 0.6 is 13.5 Å². The van der Waals surface area contributed by atoms with Crippen molar-refractivity contribution >= 4 is 36.9 Å². The molecule has 1 N–H and O–H groups in total. The Morgan fingerprint density at radius 1 is 1.18 bits per heavy atom. The summed E-state index contributed by atoms with van der Waals surface area (Å²) in [5.41, 5.74) is 2.75. The summed E-state index contributed by atoms with van der Waals surface area (Å²) in [4.78, 5) is 26.1. The SMILES string of the molecule is CC(C)N1C(=O)[C@@H]2CCCN2c2nc(NCc3cnn(Cc4ccc(F)cc4)c3)ncc21.S. The Hall–Kier alpha value is -3.14. The van der Waals surface area contributed by atoms with Crippen LogP contribution in [0.2, 0.25) is 0 Å². The van der Waals surface area contributed by atoms with E-state index in [4.69, 9.17) is 4.98 Å². The summed E-state index contributed by atoms with van der Waals surface area (Å²) in [6.07, 6.45) is 7.34. The number of nitrogens with zero attached hydrogens (tertiary/aromatic N) is 6. The molecule has 4 heterocycles. The van der Waals surface area contributed by atoms with E-state index >= 15 is 0 Å². The number of hydrogen-bond donors (Lipinski definition) is 1. The number of nitrogens with one attached hydrogen (secondary N) is 1. The zero-order chi connectivity index (χ0) is 22.2. The van der Waals surface area contributed by atoms with E-state index in [0.29, 0.717) is 19.0 Å². The first-order valence-corrected chi connectivity index (χ1v) is 11.0. The van der Waals surface area contributed by atoms with Gasteiger partial charge in [0.15, 0.2) is 5.82 Å². The number of benzene rings is 1. The largest absolute Gasteiger partial charge is 0.350 e. The molecule has 8 nitrogen and oxygen atoms in total. The van der Waals surface area contributed by atoms with Crippen LogP contribution in [0.25, 0.3) is 0 Å². The highest BCUT2D eigenvalue weighted by atomic mass is 32.1. The van der Waals surface area contributed by atoms with Gasteiger partial charge in [-0.05, 0) is 44.4 Å².